The molecule has 0 radical (unpaired) electrons. The number of carboxylic acids is 1. The number of aromatic nitrogens is 1. The minimum atomic E-state index is -2.40. The Morgan fingerprint density at radius 2 is 1.89 bits per heavy atom. The fourth-order valence-corrected chi connectivity index (χ4v) is 4.43. The second-order valence-electron chi connectivity index (χ2n) is 9.45. The van der Waals surface area contributed by atoms with Crippen LogP contribution in [0.1, 0.15) is 76.5 Å². The summed E-state index contributed by atoms with van der Waals surface area (Å²) in [7, 11) is 0. The first kappa shape index (κ1) is 28.9. The van der Waals surface area contributed by atoms with E-state index in [4.69, 9.17) is 4.98 Å². The third-order valence-electron chi connectivity index (χ3n) is 6.77. The molecule has 1 aliphatic heterocycles. The molecule has 1 atom stereocenters. The molecular formula is C26H42F2N4O3. The standard InChI is InChI=1S/C26H42F2N4O3/c1-3-19(4-2)18-24(33)31-22(26(34)35)12-16-32(17-13-23(27)28)15-6-5-9-21-11-10-20-8-7-14-29-25(20)30-21/h10-11,19,22-23H,3-9,12-18H2,1-2H3,(H,29,30)(H,31,33)(H,34,35). The van der Waals surface area contributed by atoms with Crippen LogP contribution in [0.5, 0.6) is 0 Å². The zero-order chi connectivity index (χ0) is 25.6. The minimum absolute atomic E-state index is 0.186. The molecule has 3 N–H and O–H groups in total. The summed E-state index contributed by atoms with van der Waals surface area (Å²) in [6, 6.07) is 3.17. The number of halogens is 2. The molecule has 0 spiro atoms. The van der Waals surface area contributed by atoms with Gasteiger partial charge in [0, 0.05) is 38.2 Å². The highest BCUT2D eigenvalue weighted by Crippen LogP contribution is 2.20. The highest BCUT2D eigenvalue weighted by atomic mass is 19.3. The van der Waals surface area contributed by atoms with Gasteiger partial charge in [-0.15, -0.1) is 0 Å². The molecule has 2 heterocycles. The Kier molecular flexibility index (Phi) is 12.9. The summed E-state index contributed by atoms with van der Waals surface area (Å²) in [5.74, 6) is -0.160. The van der Waals surface area contributed by atoms with Gasteiger partial charge in [-0.25, -0.2) is 18.6 Å². The number of pyridine rings is 1. The first-order valence-electron chi connectivity index (χ1n) is 13.1. The number of anilines is 1. The summed E-state index contributed by atoms with van der Waals surface area (Å²) in [4.78, 5) is 30.6. The van der Waals surface area contributed by atoms with Crippen molar-refractivity contribution >= 4 is 17.7 Å². The van der Waals surface area contributed by atoms with E-state index in [0.717, 1.165) is 63.0 Å². The predicted molar refractivity (Wildman–Crippen MR) is 134 cm³/mol. The Labute approximate surface area is 208 Å². The van der Waals surface area contributed by atoms with Gasteiger partial charge in [0.1, 0.15) is 11.9 Å². The molecule has 1 aromatic heterocycles. The Morgan fingerprint density at radius 3 is 2.57 bits per heavy atom. The van der Waals surface area contributed by atoms with Crippen molar-refractivity contribution in [2.45, 2.75) is 90.5 Å². The Morgan fingerprint density at radius 1 is 1.14 bits per heavy atom. The van der Waals surface area contributed by atoms with Crippen LogP contribution in [0.15, 0.2) is 12.1 Å². The van der Waals surface area contributed by atoms with Gasteiger partial charge in [-0.1, -0.05) is 32.8 Å². The molecule has 9 heteroatoms. The van der Waals surface area contributed by atoms with E-state index in [1.165, 1.54) is 5.56 Å². The number of nitrogens with zero attached hydrogens (tertiary/aromatic N) is 2. The van der Waals surface area contributed by atoms with Crippen LogP contribution in [-0.4, -0.2) is 65.5 Å². The Hall–Kier alpha value is -2.29. The number of carbonyl (C=O) groups is 2. The lowest BCUT2D eigenvalue weighted by atomic mass is 9.99. The number of nitrogens with one attached hydrogen (secondary N) is 2. The number of unbranched alkanes of at least 4 members (excludes halogenated alkanes) is 1. The SMILES string of the molecule is CCC(CC)CC(=O)NC(CCN(CCCCc1ccc2c(n1)NCCC2)CCC(F)F)C(=O)O. The molecule has 0 fully saturated rings. The Bertz CT molecular complexity index is 790. The van der Waals surface area contributed by atoms with E-state index < -0.39 is 18.4 Å². The summed E-state index contributed by atoms with van der Waals surface area (Å²) < 4.78 is 25.7. The molecule has 0 bridgehead atoms. The lowest BCUT2D eigenvalue weighted by Crippen LogP contribution is -2.43. The van der Waals surface area contributed by atoms with Gasteiger partial charge in [0.2, 0.25) is 12.3 Å². The van der Waals surface area contributed by atoms with E-state index >= 15 is 0 Å². The maximum Gasteiger partial charge on any atom is 0.326 e. The fourth-order valence-electron chi connectivity index (χ4n) is 4.43. The summed E-state index contributed by atoms with van der Waals surface area (Å²) >= 11 is 0. The number of fused-ring (bicyclic) bond motifs is 1. The lowest BCUT2D eigenvalue weighted by molar-refractivity contribution is -0.142. The van der Waals surface area contributed by atoms with Gasteiger partial charge in [-0.3, -0.25) is 4.79 Å². The quantitative estimate of drug-likeness (QED) is 0.275. The molecule has 0 saturated carbocycles. The van der Waals surface area contributed by atoms with E-state index in [2.05, 4.69) is 22.8 Å². The van der Waals surface area contributed by atoms with Crippen molar-refractivity contribution in [2.24, 2.45) is 5.92 Å². The van der Waals surface area contributed by atoms with Gasteiger partial charge in [0.25, 0.3) is 0 Å². The molecule has 1 amide bonds. The molecule has 1 aliphatic rings. The number of hydrogen-bond donors (Lipinski definition) is 3. The van der Waals surface area contributed by atoms with Crippen LogP contribution in [0.25, 0.3) is 0 Å². The largest absolute Gasteiger partial charge is 0.480 e. The average Bonchev–Trinajstić information content (AvgIpc) is 2.84. The van der Waals surface area contributed by atoms with Gasteiger partial charge < -0.3 is 20.6 Å². The third-order valence-corrected chi connectivity index (χ3v) is 6.77. The number of carboxylic acid groups (broad SMARTS) is 1. The first-order chi connectivity index (χ1) is 16.8. The zero-order valence-corrected chi connectivity index (χ0v) is 21.2. The van der Waals surface area contributed by atoms with Crippen molar-refractivity contribution in [2.75, 3.05) is 31.5 Å². The van der Waals surface area contributed by atoms with Gasteiger partial charge in [0.15, 0.2) is 0 Å². The minimum Gasteiger partial charge on any atom is -0.480 e. The van der Waals surface area contributed by atoms with Crippen LogP contribution >= 0.6 is 0 Å². The zero-order valence-electron chi connectivity index (χ0n) is 21.2. The number of aryl methyl sites for hydroxylation is 2. The lowest BCUT2D eigenvalue weighted by Gasteiger charge is -2.24. The van der Waals surface area contributed by atoms with Crippen molar-refractivity contribution < 1.29 is 23.5 Å². The number of amides is 1. The predicted octanol–water partition coefficient (Wildman–Crippen LogP) is 4.51. The first-order valence-corrected chi connectivity index (χ1v) is 13.1. The molecule has 198 valence electrons. The van der Waals surface area contributed by atoms with Gasteiger partial charge in [0.05, 0.1) is 0 Å². The van der Waals surface area contributed by atoms with E-state index in [9.17, 15) is 23.5 Å². The van der Waals surface area contributed by atoms with E-state index in [1.807, 2.05) is 18.7 Å². The number of hydrogen-bond acceptors (Lipinski definition) is 5. The van der Waals surface area contributed by atoms with Crippen molar-refractivity contribution in [3.05, 3.63) is 23.4 Å². The molecule has 0 aliphatic carbocycles. The molecule has 0 aromatic carbocycles. The number of aliphatic carboxylic acids is 1. The van der Waals surface area contributed by atoms with E-state index in [0.29, 0.717) is 19.5 Å². The molecule has 1 unspecified atom stereocenters. The molecule has 2 rings (SSSR count). The normalized spacial score (nSPS) is 14.1. The maximum atomic E-state index is 12.8. The third kappa shape index (κ3) is 10.9. The summed E-state index contributed by atoms with van der Waals surface area (Å²) in [6.45, 7) is 6.11. The van der Waals surface area contributed by atoms with Crippen LogP contribution in [0.4, 0.5) is 14.6 Å². The van der Waals surface area contributed by atoms with Gasteiger partial charge in [-0.2, -0.15) is 0 Å². The van der Waals surface area contributed by atoms with Crippen LogP contribution < -0.4 is 10.6 Å². The van der Waals surface area contributed by atoms with Crippen molar-refractivity contribution in [1.82, 2.24) is 15.2 Å². The Balaban J connectivity index is 1.83. The summed E-state index contributed by atoms with van der Waals surface area (Å²) in [5, 5.41) is 15.5. The highest BCUT2D eigenvalue weighted by molar-refractivity contribution is 5.83. The average molecular weight is 497 g/mol. The number of carbonyl (C=O) groups excluding carboxylic acids is 1. The topological polar surface area (TPSA) is 94.6 Å². The van der Waals surface area contributed by atoms with Crippen molar-refractivity contribution in [3.8, 4) is 0 Å². The molecule has 35 heavy (non-hydrogen) atoms. The molecule has 0 saturated heterocycles. The summed E-state index contributed by atoms with van der Waals surface area (Å²) in [6.07, 6.45) is 4.19. The molecular weight excluding hydrogens is 454 g/mol. The fraction of sp³-hybridized carbons (Fsp3) is 0.731. The summed E-state index contributed by atoms with van der Waals surface area (Å²) in [5.41, 5.74) is 2.27. The van der Waals surface area contributed by atoms with E-state index in [1.54, 1.807) is 0 Å². The van der Waals surface area contributed by atoms with Gasteiger partial charge in [-0.05, 0) is 62.6 Å². The van der Waals surface area contributed by atoms with Crippen LogP contribution in [0.2, 0.25) is 0 Å². The molecule has 1 aromatic rings. The van der Waals surface area contributed by atoms with E-state index in [-0.39, 0.29) is 31.2 Å². The number of alkyl halides is 2. The second-order valence-corrected chi connectivity index (χ2v) is 9.45. The van der Waals surface area contributed by atoms with Crippen molar-refractivity contribution in [3.63, 3.8) is 0 Å². The van der Waals surface area contributed by atoms with Gasteiger partial charge >= 0.3 is 5.97 Å². The highest BCUT2D eigenvalue weighted by Gasteiger charge is 2.22. The van der Waals surface area contributed by atoms with Crippen LogP contribution in [0, 0.1) is 5.92 Å². The van der Waals surface area contributed by atoms with Crippen molar-refractivity contribution in [1.29, 1.82) is 0 Å². The number of rotatable bonds is 17. The monoisotopic (exact) mass is 496 g/mol. The van der Waals surface area contributed by atoms with Crippen LogP contribution in [-0.2, 0) is 22.4 Å². The second kappa shape index (κ2) is 15.7. The smallest absolute Gasteiger partial charge is 0.326 e. The van der Waals surface area contributed by atoms with Crippen LogP contribution in [0.3, 0.4) is 0 Å². The molecule has 7 nitrogen and oxygen atoms in total. The maximum absolute atomic E-state index is 12.8.